The van der Waals surface area contributed by atoms with Crippen molar-refractivity contribution in [2.75, 3.05) is 0 Å². The van der Waals surface area contributed by atoms with Crippen LogP contribution in [0.2, 0.25) is 0 Å². The van der Waals surface area contributed by atoms with Gasteiger partial charge in [0.15, 0.2) is 0 Å². The average Bonchev–Trinajstić information content (AvgIpc) is 2.35. The molecule has 0 N–H and O–H groups in total. The summed E-state index contributed by atoms with van der Waals surface area (Å²) in [6.45, 7) is 13.9. The molecule has 0 amide bonds. The van der Waals surface area contributed by atoms with Crippen LogP contribution in [0, 0.1) is 5.41 Å². The summed E-state index contributed by atoms with van der Waals surface area (Å²) in [6.07, 6.45) is 3.61. The molecular weight excluding hydrogens is 230 g/mol. The first-order valence-electron chi connectivity index (χ1n) is 6.75. The highest BCUT2D eigenvalue weighted by atomic mass is 19.1. The molecule has 1 aliphatic rings. The highest BCUT2D eigenvalue weighted by molar-refractivity contribution is 6.53. The van der Waals surface area contributed by atoms with Crippen molar-refractivity contribution < 1.29 is 13.7 Å². The Morgan fingerprint density at radius 2 is 1.61 bits per heavy atom. The van der Waals surface area contributed by atoms with E-state index in [0.29, 0.717) is 0 Å². The zero-order chi connectivity index (χ0) is 14.2. The van der Waals surface area contributed by atoms with Gasteiger partial charge >= 0.3 is 7.12 Å². The maximum Gasteiger partial charge on any atom is 0.524 e. The van der Waals surface area contributed by atoms with Crippen molar-refractivity contribution >= 4 is 7.12 Å². The molecule has 0 radical (unpaired) electrons. The van der Waals surface area contributed by atoms with Crippen LogP contribution in [0.1, 0.15) is 61.3 Å². The molecule has 1 rings (SSSR count). The third-order valence-corrected chi connectivity index (χ3v) is 3.90. The molecule has 1 fully saturated rings. The van der Waals surface area contributed by atoms with Gasteiger partial charge in [-0.3, -0.25) is 0 Å². The Bertz CT molecular complexity index is 319. The van der Waals surface area contributed by atoms with Crippen molar-refractivity contribution in [1.29, 1.82) is 0 Å². The SMILES string of the molecule is CCCC(C)(C)C=C(F)B1OC(C)(C)C(C)(C)O1. The van der Waals surface area contributed by atoms with Crippen molar-refractivity contribution in [3.05, 3.63) is 11.8 Å². The second-order valence-corrected chi connectivity index (χ2v) is 6.86. The molecule has 4 heteroatoms. The number of hydrogen-bond donors (Lipinski definition) is 0. The summed E-state index contributed by atoms with van der Waals surface area (Å²) >= 11 is 0. The minimum Gasteiger partial charge on any atom is -0.398 e. The van der Waals surface area contributed by atoms with E-state index in [0.717, 1.165) is 12.8 Å². The zero-order valence-corrected chi connectivity index (χ0v) is 12.8. The van der Waals surface area contributed by atoms with Gasteiger partial charge in [0.2, 0.25) is 0 Å². The fraction of sp³-hybridized carbons (Fsp3) is 0.857. The molecule has 104 valence electrons. The third-order valence-electron chi connectivity index (χ3n) is 3.90. The molecule has 0 aromatic heterocycles. The maximum absolute atomic E-state index is 14.2. The second kappa shape index (κ2) is 4.97. The lowest BCUT2D eigenvalue weighted by atomic mass is 9.80. The van der Waals surface area contributed by atoms with E-state index in [4.69, 9.17) is 9.31 Å². The van der Waals surface area contributed by atoms with Crippen LogP contribution >= 0.6 is 0 Å². The molecule has 0 atom stereocenters. The molecule has 0 saturated carbocycles. The largest absolute Gasteiger partial charge is 0.524 e. The van der Waals surface area contributed by atoms with Crippen LogP contribution in [0.3, 0.4) is 0 Å². The Morgan fingerprint density at radius 3 is 2.00 bits per heavy atom. The lowest BCUT2D eigenvalue weighted by molar-refractivity contribution is 0.00578. The van der Waals surface area contributed by atoms with Gasteiger partial charge in [-0.15, -0.1) is 0 Å². The number of rotatable bonds is 4. The van der Waals surface area contributed by atoms with Gasteiger partial charge in [0, 0.05) is 0 Å². The average molecular weight is 256 g/mol. The quantitative estimate of drug-likeness (QED) is 0.698. The molecule has 0 unspecified atom stereocenters. The lowest BCUT2D eigenvalue weighted by Gasteiger charge is -2.32. The van der Waals surface area contributed by atoms with E-state index >= 15 is 0 Å². The van der Waals surface area contributed by atoms with Crippen LogP contribution in [0.15, 0.2) is 11.8 Å². The summed E-state index contributed by atoms with van der Waals surface area (Å²) in [5.41, 5.74) is -1.45. The standard InChI is InChI=1S/C14H26BFO2/c1-8-9-12(2,3)10-11(16)15-17-13(4,5)14(6,7)18-15/h10H,8-9H2,1-7H3. The van der Waals surface area contributed by atoms with Gasteiger partial charge in [-0.25, -0.2) is 4.39 Å². The van der Waals surface area contributed by atoms with Gasteiger partial charge in [-0.1, -0.05) is 33.3 Å². The fourth-order valence-corrected chi connectivity index (χ4v) is 2.11. The summed E-state index contributed by atoms with van der Waals surface area (Å²) in [6, 6.07) is 0. The molecule has 0 aromatic rings. The summed E-state index contributed by atoms with van der Waals surface area (Å²) in [5, 5.41) is 0. The van der Waals surface area contributed by atoms with Gasteiger partial charge in [0.05, 0.1) is 11.2 Å². The Balaban J connectivity index is 2.82. The van der Waals surface area contributed by atoms with Gasteiger partial charge in [0.25, 0.3) is 0 Å². The van der Waals surface area contributed by atoms with Gasteiger partial charge in [0.1, 0.15) is 5.73 Å². The van der Waals surface area contributed by atoms with Crippen LogP contribution < -0.4 is 0 Å². The van der Waals surface area contributed by atoms with Crippen molar-refractivity contribution in [2.24, 2.45) is 5.41 Å². The van der Waals surface area contributed by atoms with Crippen molar-refractivity contribution in [3.8, 4) is 0 Å². The van der Waals surface area contributed by atoms with Crippen LogP contribution in [0.5, 0.6) is 0 Å². The van der Waals surface area contributed by atoms with Crippen molar-refractivity contribution in [1.82, 2.24) is 0 Å². The van der Waals surface area contributed by atoms with Gasteiger partial charge in [-0.2, -0.15) is 0 Å². The fourth-order valence-electron chi connectivity index (χ4n) is 2.11. The molecule has 0 bridgehead atoms. The van der Waals surface area contributed by atoms with Crippen molar-refractivity contribution in [2.45, 2.75) is 72.5 Å². The third kappa shape index (κ3) is 3.36. The summed E-state index contributed by atoms with van der Waals surface area (Å²) in [5.74, 6) is 0. The van der Waals surface area contributed by atoms with E-state index in [9.17, 15) is 4.39 Å². The Hall–Kier alpha value is -0.345. The molecule has 0 spiro atoms. The van der Waals surface area contributed by atoms with E-state index in [2.05, 4.69) is 6.92 Å². The highest BCUT2D eigenvalue weighted by Gasteiger charge is 2.53. The monoisotopic (exact) mass is 256 g/mol. The Morgan fingerprint density at radius 1 is 1.17 bits per heavy atom. The summed E-state index contributed by atoms with van der Waals surface area (Å²) in [4.78, 5) is 0. The molecule has 0 aromatic carbocycles. The van der Waals surface area contributed by atoms with Crippen LogP contribution in [-0.4, -0.2) is 18.3 Å². The van der Waals surface area contributed by atoms with E-state index in [-0.39, 0.29) is 11.1 Å². The number of halogens is 1. The number of hydrogen-bond acceptors (Lipinski definition) is 2. The summed E-state index contributed by atoms with van der Waals surface area (Å²) < 4.78 is 25.6. The van der Waals surface area contributed by atoms with Gasteiger partial charge < -0.3 is 9.31 Å². The molecular formula is C14H26BFO2. The topological polar surface area (TPSA) is 18.5 Å². The first-order chi connectivity index (χ1) is 8.01. The zero-order valence-electron chi connectivity index (χ0n) is 12.8. The molecule has 1 heterocycles. The van der Waals surface area contributed by atoms with Crippen molar-refractivity contribution in [3.63, 3.8) is 0 Å². The van der Waals surface area contributed by atoms with Crippen LogP contribution in [0.4, 0.5) is 4.39 Å². The Labute approximate surface area is 111 Å². The highest BCUT2D eigenvalue weighted by Crippen LogP contribution is 2.39. The maximum atomic E-state index is 14.2. The normalized spacial score (nSPS) is 23.6. The molecule has 1 aliphatic heterocycles. The Kier molecular flexibility index (Phi) is 4.34. The minimum absolute atomic E-state index is 0.164. The van der Waals surface area contributed by atoms with Gasteiger partial charge in [-0.05, 0) is 39.5 Å². The predicted molar refractivity (Wildman–Crippen MR) is 74.0 cm³/mol. The molecule has 0 aliphatic carbocycles. The van der Waals surface area contributed by atoms with E-state index in [1.807, 2.05) is 41.5 Å². The molecule has 2 nitrogen and oxygen atoms in total. The minimum atomic E-state index is -0.869. The van der Waals surface area contributed by atoms with E-state index in [1.54, 1.807) is 6.08 Å². The van der Waals surface area contributed by atoms with Crippen LogP contribution in [-0.2, 0) is 9.31 Å². The van der Waals surface area contributed by atoms with E-state index < -0.39 is 18.3 Å². The smallest absolute Gasteiger partial charge is 0.398 e. The first-order valence-corrected chi connectivity index (χ1v) is 6.75. The summed E-state index contributed by atoms with van der Waals surface area (Å²) in [7, 11) is -0.869. The number of allylic oxidation sites excluding steroid dienone is 1. The van der Waals surface area contributed by atoms with E-state index in [1.165, 1.54) is 0 Å². The molecule has 18 heavy (non-hydrogen) atoms. The second-order valence-electron chi connectivity index (χ2n) is 6.86. The predicted octanol–water partition coefficient (Wildman–Crippen LogP) is 4.30. The first kappa shape index (κ1) is 15.7. The lowest BCUT2D eigenvalue weighted by Crippen LogP contribution is -2.41. The van der Waals surface area contributed by atoms with Crippen LogP contribution in [0.25, 0.3) is 0 Å². The molecule has 1 saturated heterocycles.